The molecule has 0 amide bonds. The summed E-state index contributed by atoms with van der Waals surface area (Å²) in [5, 5.41) is 12.3. The summed E-state index contributed by atoms with van der Waals surface area (Å²) < 4.78 is 0. The Morgan fingerprint density at radius 1 is 1.39 bits per heavy atom. The molecule has 4 nitrogen and oxygen atoms in total. The fourth-order valence-corrected chi connectivity index (χ4v) is 3.15. The zero-order chi connectivity index (χ0) is 12.5. The molecule has 2 saturated heterocycles. The van der Waals surface area contributed by atoms with E-state index in [1.165, 1.54) is 12.8 Å². The van der Waals surface area contributed by atoms with Crippen LogP contribution in [0.4, 0.5) is 0 Å². The van der Waals surface area contributed by atoms with E-state index in [-0.39, 0.29) is 11.7 Å². The number of ketones is 1. The van der Waals surface area contributed by atoms with Gasteiger partial charge in [0.15, 0.2) is 5.78 Å². The van der Waals surface area contributed by atoms with Crippen molar-refractivity contribution in [3.05, 3.63) is 29.6 Å². The molecule has 2 atom stereocenters. The topological polar surface area (TPSA) is 65.8 Å². The standard InChI is InChI=1S/C14H15N3O/c15-8-13-5-9(3-4-16-13)14(18)10-6-11-1-2-12(7-10)17-11/h3-5,10-12,17H,1-2,6-7H2. The summed E-state index contributed by atoms with van der Waals surface area (Å²) >= 11 is 0. The van der Waals surface area contributed by atoms with Crippen LogP contribution in [0.3, 0.4) is 0 Å². The summed E-state index contributed by atoms with van der Waals surface area (Å²) in [6, 6.07) is 6.32. The summed E-state index contributed by atoms with van der Waals surface area (Å²) in [5.41, 5.74) is 0.950. The van der Waals surface area contributed by atoms with Gasteiger partial charge in [0.2, 0.25) is 0 Å². The molecule has 0 spiro atoms. The van der Waals surface area contributed by atoms with E-state index in [1.807, 2.05) is 6.07 Å². The highest BCUT2D eigenvalue weighted by Gasteiger charge is 2.36. The van der Waals surface area contributed by atoms with Gasteiger partial charge in [-0.15, -0.1) is 0 Å². The molecule has 0 aliphatic carbocycles. The van der Waals surface area contributed by atoms with Gasteiger partial charge in [-0.1, -0.05) is 0 Å². The lowest BCUT2D eigenvalue weighted by Gasteiger charge is -2.28. The lowest BCUT2D eigenvalue weighted by atomic mass is 9.86. The van der Waals surface area contributed by atoms with Crippen LogP contribution in [-0.4, -0.2) is 22.9 Å². The lowest BCUT2D eigenvalue weighted by molar-refractivity contribution is 0.0875. The highest BCUT2D eigenvalue weighted by molar-refractivity contribution is 5.98. The van der Waals surface area contributed by atoms with Gasteiger partial charge in [0.05, 0.1) is 0 Å². The van der Waals surface area contributed by atoms with Gasteiger partial charge < -0.3 is 5.32 Å². The van der Waals surface area contributed by atoms with Crippen LogP contribution in [0.15, 0.2) is 18.3 Å². The van der Waals surface area contributed by atoms with Crippen molar-refractivity contribution in [1.82, 2.24) is 10.3 Å². The fourth-order valence-electron chi connectivity index (χ4n) is 3.15. The van der Waals surface area contributed by atoms with Crippen LogP contribution in [0.1, 0.15) is 41.7 Å². The summed E-state index contributed by atoms with van der Waals surface area (Å²) in [6.45, 7) is 0. The first kappa shape index (κ1) is 11.4. The molecule has 1 N–H and O–H groups in total. The Morgan fingerprint density at radius 3 is 2.78 bits per heavy atom. The summed E-state index contributed by atoms with van der Waals surface area (Å²) in [5.74, 6) is 0.282. The van der Waals surface area contributed by atoms with Crippen LogP contribution in [-0.2, 0) is 0 Å². The molecule has 4 heteroatoms. The van der Waals surface area contributed by atoms with Crippen LogP contribution in [0, 0.1) is 17.2 Å². The number of rotatable bonds is 2. The maximum atomic E-state index is 12.4. The zero-order valence-corrected chi connectivity index (χ0v) is 10.1. The van der Waals surface area contributed by atoms with Crippen LogP contribution >= 0.6 is 0 Å². The Kier molecular flexibility index (Phi) is 2.85. The Balaban J connectivity index is 1.80. The van der Waals surface area contributed by atoms with Crippen molar-refractivity contribution in [1.29, 1.82) is 5.26 Å². The number of pyridine rings is 1. The summed E-state index contributed by atoms with van der Waals surface area (Å²) in [4.78, 5) is 16.3. The third-order valence-corrected chi connectivity index (χ3v) is 4.00. The first-order chi connectivity index (χ1) is 8.76. The predicted octanol–water partition coefficient (Wildman–Crippen LogP) is 1.67. The molecule has 2 aliphatic heterocycles. The third kappa shape index (κ3) is 2.02. The maximum Gasteiger partial charge on any atom is 0.166 e. The molecule has 3 heterocycles. The minimum Gasteiger partial charge on any atom is -0.311 e. The number of nitriles is 1. The molecule has 0 radical (unpaired) electrons. The van der Waals surface area contributed by atoms with Crippen molar-refractivity contribution in [3.8, 4) is 6.07 Å². The van der Waals surface area contributed by atoms with Gasteiger partial charge in [0.25, 0.3) is 0 Å². The van der Waals surface area contributed by atoms with Crippen molar-refractivity contribution in [2.45, 2.75) is 37.8 Å². The highest BCUT2D eigenvalue weighted by atomic mass is 16.1. The number of nitrogens with one attached hydrogen (secondary N) is 1. The molecule has 0 saturated carbocycles. The van der Waals surface area contributed by atoms with E-state index in [0.29, 0.717) is 23.3 Å². The molecule has 0 aromatic carbocycles. The van der Waals surface area contributed by atoms with Crippen LogP contribution in [0.25, 0.3) is 0 Å². The number of aromatic nitrogens is 1. The number of hydrogen-bond donors (Lipinski definition) is 1. The van der Waals surface area contributed by atoms with E-state index in [4.69, 9.17) is 5.26 Å². The average Bonchev–Trinajstić information content (AvgIpc) is 2.76. The van der Waals surface area contributed by atoms with Gasteiger partial charge in [-0.3, -0.25) is 4.79 Å². The molecule has 1 aromatic rings. The molecule has 18 heavy (non-hydrogen) atoms. The van der Waals surface area contributed by atoms with Crippen LogP contribution in [0.2, 0.25) is 0 Å². The molecule has 2 fully saturated rings. The van der Waals surface area contributed by atoms with E-state index in [2.05, 4.69) is 10.3 Å². The van der Waals surface area contributed by atoms with E-state index < -0.39 is 0 Å². The Labute approximate surface area is 106 Å². The van der Waals surface area contributed by atoms with Gasteiger partial charge in [-0.05, 0) is 37.8 Å². The van der Waals surface area contributed by atoms with E-state index in [1.54, 1.807) is 18.3 Å². The number of carbonyl (C=O) groups is 1. The van der Waals surface area contributed by atoms with Gasteiger partial charge in [-0.2, -0.15) is 5.26 Å². The predicted molar refractivity (Wildman–Crippen MR) is 66.0 cm³/mol. The smallest absolute Gasteiger partial charge is 0.166 e. The van der Waals surface area contributed by atoms with Gasteiger partial charge >= 0.3 is 0 Å². The first-order valence-corrected chi connectivity index (χ1v) is 6.42. The third-order valence-electron chi connectivity index (χ3n) is 4.00. The largest absolute Gasteiger partial charge is 0.311 e. The average molecular weight is 241 g/mol. The second-order valence-electron chi connectivity index (χ2n) is 5.21. The second-order valence-corrected chi connectivity index (χ2v) is 5.21. The Hall–Kier alpha value is -1.73. The Morgan fingerprint density at radius 2 is 2.11 bits per heavy atom. The SMILES string of the molecule is N#Cc1cc(C(=O)C2CC3CCC(C2)N3)ccn1. The molecule has 2 unspecified atom stereocenters. The molecular weight excluding hydrogens is 226 g/mol. The van der Waals surface area contributed by atoms with E-state index >= 15 is 0 Å². The fraction of sp³-hybridized carbons (Fsp3) is 0.500. The molecule has 1 aromatic heterocycles. The number of carbonyl (C=O) groups excluding carboxylic acids is 1. The van der Waals surface area contributed by atoms with E-state index in [0.717, 1.165) is 12.8 Å². The van der Waals surface area contributed by atoms with Crippen LogP contribution in [0.5, 0.6) is 0 Å². The number of piperidine rings is 1. The van der Waals surface area contributed by atoms with Gasteiger partial charge in [-0.25, -0.2) is 4.98 Å². The monoisotopic (exact) mass is 241 g/mol. The van der Waals surface area contributed by atoms with Crippen molar-refractivity contribution < 1.29 is 4.79 Å². The molecule has 2 bridgehead atoms. The maximum absolute atomic E-state index is 12.4. The number of hydrogen-bond acceptors (Lipinski definition) is 4. The van der Waals surface area contributed by atoms with Crippen molar-refractivity contribution >= 4 is 5.78 Å². The molecule has 2 aliphatic rings. The van der Waals surface area contributed by atoms with E-state index in [9.17, 15) is 4.79 Å². The van der Waals surface area contributed by atoms with Crippen molar-refractivity contribution in [3.63, 3.8) is 0 Å². The van der Waals surface area contributed by atoms with Crippen molar-refractivity contribution in [2.24, 2.45) is 5.92 Å². The minimum absolute atomic E-state index is 0.109. The quantitative estimate of drug-likeness (QED) is 0.800. The first-order valence-electron chi connectivity index (χ1n) is 6.42. The number of Topliss-reactive ketones (excluding diaryl/α,β-unsaturated/α-hetero) is 1. The second kappa shape index (κ2) is 4.51. The Bertz CT molecular complexity index is 508. The zero-order valence-electron chi connectivity index (χ0n) is 10.1. The molecule has 3 rings (SSSR count). The highest BCUT2D eigenvalue weighted by Crippen LogP contribution is 2.32. The minimum atomic E-state index is 0.109. The van der Waals surface area contributed by atoms with Gasteiger partial charge in [0.1, 0.15) is 11.8 Å². The van der Waals surface area contributed by atoms with Gasteiger partial charge in [0, 0.05) is 29.8 Å². The lowest BCUT2D eigenvalue weighted by Crippen LogP contribution is -2.40. The van der Waals surface area contributed by atoms with Crippen LogP contribution < -0.4 is 5.32 Å². The number of fused-ring (bicyclic) bond motifs is 2. The molecule has 92 valence electrons. The molecular formula is C14H15N3O. The number of nitrogens with zero attached hydrogens (tertiary/aromatic N) is 2. The normalized spacial score (nSPS) is 29.8. The summed E-state index contributed by atoms with van der Waals surface area (Å²) in [7, 11) is 0. The summed E-state index contributed by atoms with van der Waals surface area (Å²) in [6.07, 6.45) is 5.78. The van der Waals surface area contributed by atoms with Crippen molar-refractivity contribution in [2.75, 3.05) is 0 Å².